The Morgan fingerprint density at radius 1 is 1.40 bits per heavy atom. The summed E-state index contributed by atoms with van der Waals surface area (Å²) in [5, 5.41) is 5.89. The number of nitrogens with one attached hydrogen (secondary N) is 2. The van der Waals surface area contributed by atoms with Gasteiger partial charge in [0.05, 0.1) is 24.6 Å². The molecule has 1 heterocycles. The summed E-state index contributed by atoms with van der Waals surface area (Å²) in [5.74, 6) is -0.128. The maximum atomic E-state index is 11.5. The van der Waals surface area contributed by atoms with Crippen LogP contribution in [0.5, 0.6) is 0 Å². The molecule has 2 rings (SSSR count). The van der Waals surface area contributed by atoms with E-state index in [1.54, 1.807) is 19.2 Å². The van der Waals surface area contributed by atoms with E-state index in [1.807, 2.05) is 6.07 Å². The first kappa shape index (κ1) is 14.6. The molecule has 0 unspecified atom stereocenters. The Morgan fingerprint density at radius 2 is 2.15 bits per heavy atom. The second-order valence-corrected chi connectivity index (χ2v) is 4.76. The number of anilines is 2. The van der Waals surface area contributed by atoms with Crippen molar-refractivity contribution in [1.29, 1.82) is 0 Å². The molecule has 1 fully saturated rings. The minimum Gasteiger partial charge on any atom is -0.397 e. The third-order valence-electron chi connectivity index (χ3n) is 3.39. The number of amides is 1. The fourth-order valence-electron chi connectivity index (χ4n) is 2.18. The van der Waals surface area contributed by atoms with Crippen molar-refractivity contribution in [3.63, 3.8) is 0 Å². The van der Waals surface area contributed by atoms with Crippen LogP contribution in [0.15, 0.2) is 18.2 Å². The molecular weight excluding hydrogens is 256 g/mol. The van der Waals surface area contributed by atoms with Crippen LogP contribution in [0.25, 0.3) is 0 Å². The number of carbonyl (C=O) groups is 1. The molecule has 1 saturated heterocycles. The molecule has 1 aromatic rings. The number of benzene rings is 1. The highest BCUT2D eigenvalue weighted by Gasteiger charge is 2.10. The summed E-state index contributed by atoms with van der Waals surface area (Å²) in [7, 11) is 1.60. The Kier molecular flexibility index (Phi) is 5.20. The summed E-state index contributed by atoms with van der Waals surface area (Å²) in [6.45, 7) is 5.36. The Morgan fingerprint density at radius 3 is 2.80 bits per heavy atom. The van der Waals surface area contributed by atoms with E-state index >= 15 is 0 Å². The topological polar surface area (TPSA) is 79.6 Å². The zero-order valence-electron chi connectivity index (χ0n) is 11.8. The van der Waals surface area contributed by atoms with Gasteiger partial charge in [-0.2, -0.15) is 0 Å². The average Bonchev–Trinajstić information content (AvgIpc) is 2.49. The number of nitrogens with two attached hydrogens (primary N) is 1. The van der Waals surface area contributed by atoms with Gasteiger partial charge in [-0.1, -0.05) is 0 Å². The molecule has 0 aliphatic carbocycles. The minimum absolute atomic E-state index is 0.128. The van der Waals surface area contributed by atoms with Gasteiger partial charge in [0.1, 0.15) is 0 Å². The smallest absolute Gasteiger partial charge is 0.251 e. The van der Waals surface area contributed by atoms with Gasteiger partial charge in [-0.15, -0.1) is 0 Å². The van der Waals surface area contributed by atoms with Crippen LogP contribution in [0.1, 0.15) is 10.4 Å². The van der Waals surface area contributed by atoms with Crippen molar-refractivity contribution < 1.29 is 9.53 Å². The normalized spacial score (nSPS) is 15.8. The zero-order chi connectivity index (χ0) is 14.4. The van der Waals surface area contributed by atoms with Crippen LogP contribution >= 0.6 is 0 Å². The molecule has 0 aromatic heterocycles. The number of rotatable bonds is 5. The second kappa shape index (κ2) is 7.12. The summed E-state index contributed by atoms with van der Waals surface area (Å²) in [6, 6.07) is 5.31. The van der Waals surface area contributed by atoms with Crippen molar-refractivity contribution in [2.24, 2.45) is 0 Å². The van der Waals surface area contributed by atoms with Gasteiger partial charge < -0.3 is 21.1 Å². The van der Waals surface area contributed by atoms with Crippen LogP contribution < -0.4 is 16.4 Å². The number of hydrogen-bond acceptors (Lipinski definition) is 5. The molecule has 110 valence electrons. The highest BCUT2D eigenvalue weighted by Crippen LogP contribution is 2.19. The third kappa shape index (κ3) is 3.85. The van der Waals surface area contributed by atoms with Crippen molar-refractivity contribution in [2.75, 3.05) is 57.5 Å². The van der Waals surface area contributed by atoms with Gasteiger partial charge in [0.2, 0.25) is 0 Å². The summed E-state index contributed by atoms with van der Waals surface area (Å²) < 4.78 is 5.31. The van der Waals surface area contributed by atoms with E-state index in [1.165, 1.54) is 0 Å². The van der Waals surface area contributed by atoms with Gasteiger partial charge >= 0.3 is 0 Å². The number of ether oxygens (including phenoxy) is 1. The monoisotopic (exact) mass is 278 g/mol. The van der Waals surface area contributed by atoms with E-state index in [0.29, 0.717) is 11.3 Å². The fraction of sp³-hybridized carbons (Fsp3) is 0.500. The summed E-state index contributed by atoms with van der Waals surface area (Å²) >= 11 is 0. The van der Waals surface area contributed by atoms with Gasteiger partial charge in [-0.05, 0) is 18.2 Å². The van der Waals surface area contributed by atoms with E-state index in [0.717, 1.165) is 45.1 Å². The SMILES string of the molecule is CNC(=O)c1ccc(NCCN2CCOCC2)c(N)c1. The second-order valence-electron chi connectivity index (χ2n) is 4.76. The molecule has 0 saturated carbocycles. The third-order valence-corrected chi connectivity index (χ3v) is 3.39. The van der Waals surface area contributed by atoms with Crippen LogP contribution in [0.2, 0.25) is 0 Å². The van der Waals surface area contributed by atoms with Gasteiger partial charge in [-0.3, -0.25) is 9.69 Å². The van der Waals surface area contributed by atoms with Crippen molar-refractivity contribution in [3.05, 3.63) is 23.8 Å². The molecular formula is C14H22N4O2. The van der Waals surface area contributed by atoms with E-state index in [4.69, 9.17) is 10.5 Å². The van der Waals surface area contributed by atoms with Crippen molar-refractivity contribution >= 4 is 17.3 Å². The maximum absolute atomic E-state index is 11.5. The first-order chi connectivity index (χ1) is 9.70. The van der Waals surface area contributed by atoms with E-state index < -0.39 is 0 Å². The molecule has 6 heteroatoms. The number of morpholine rings is 1. The van der Waals surface area contributed by atoms with E-state index in [2.05, 4.69) is 15.5 Å². The lowest BCUT2D eigenvalue weighted by Gasteiger charge is -2.26. The quantitative estimate of drug-likeness (QED) is 0.678. The van der Waals surface area contributed by atoms with Gasteiger partial charge in [0.15, 0.2) is 0 Å². The Labute approximate surface area is 119 Å². The Hall–Kier alpha value is -1.79. The summed E-state index contributed by atoms with van der Waals surface area (Å²) in [4.78, 5) is 13.8. The van der Waals surface area contributed by atoms with Crippen LogP contribution in [0.3, 0.4) is 0 Å². The van der Waals surface area contributed by atoms with Crippen molar-refractivity contribution in [3.8, 4) is 0 Å². The van der Waals surface area contributed by atoms with Crippen LogP contribution in [-0.2, 0) is 4.74 Å². The van der Waals surface area contributed by atoms with Crippen molar-refractivity contribution in [2.45, 2.75) is 0 Å². The van der Waals surface area contributed by atoms with Crippen LogP contribution in [-0.4, -0.2) is 57.2 Å². The first-order valence-electron chi connectivity index (χ1n) is 6.86. The van der Waals surface area contributed by atoms with Crippen LogP contribution in [0, 0.1) is 0 Å². The predicted molar refractivity (Wildman–Crippen MR) is 80.0 cm³/mol. The first-order valence-corrected chi connectivity index (χ1v) is 6.86. The lowest BCUT2D eigenvalue weighted by molar-refractivity contribution is 0.0398. The number of carbonyl (C=O) groups excluding carboxylic acids is 1. The minimum atomic E-state index is -0.128. The molecule has 4 N–H and O–H groups in total. The summed E-state index contributed by atoms with van der Waals surface area (Å²) in [6.07, 6.45) is 0. The molecule has 20 heavy (non-hydrogen) atoms. The zero-order valence-corrected chi connectivity index (χ0v) is 11.8. The lowest BCUT2D eigenvalue weighted by atomic mass is 10.1. The lowest BCUT2D eigenvalue weighted by Crippen LogP contribution is -2.39. The predicted octanol–water partition coefficient (Wildman–Crippen LogP) is 0.373. The maximum Gasteiger partial charge on any atom is 0.251 e. The molecule has 1 aliphatic heterocycles. The number of nitrogens with zero attached hydrogens (tertiary/aromatic N) is 1. The molecule has 0 bridgehead atoms. The molecule has 1 aliphatic rings. The standard InChI is InChI=1S/C14H22N4O2/c1-16-14(19)11-2-3-13(12(15)10-11)17-4-5-18-6-8-20-9-7-18/h2-3,10,17H,4-9,15H2,1H3,(H,16,19). The number of nitrogen functional groups attached to an aromatic ring is 1. The highest BCUT2D eigenvalue weighted by atomic mass is 16.5. The average molecular weight is 278 g/mol. The Bertz CT molecular complexity index is 458. The Balaban J connectivity index is 1.84. The fourth-order valence-corrected chi connectivity index (χ4v) is 2.18. The van der Waals surface area contributed by atoms with Gasteiger partial charge in [-0.25, -0.2) is 0 Å². The molecule has 0 radical (unpaired) electrons. The van der Waals surface area contributed by atoms with Crippen LogP contribution in [0.4, 0.5) is 11.4 Å². The van der Waals surface area contributed by atoms with E-state index in [9.17, 15) is 4.79 Å². The molecule has 0 atom stereocenters. The highest BCUT2D eigenvalue weighted by molar-refractivity contribution is 5.95. The molecule has 6 nitrogen and oxygen atoms in total. The van der Waals surface area contributed by atoms with Gasteiger partial charge in [0.25, 0.3) is 5.91 Å². The van der Waals surface area contributed by atoms with Crippen molar-refractivity contribution in [1.82, 2.24) is 10.2 Å². The number of hydrogen-bond donors (Lipinski definition) is 3. The van der Waals surface area contributed by atoms with E-state index in [-0.39, 0.29) is 5.91 Å². The summed E-state index contributed by atoms with van der Waals surface area (Å²) in [5.41, 5.74) is 7.99. The van der Waals surface area contributed by atoms with Gasteiger partial charge in [0, 0.05) is 38.8 Å². The molecule has 1 amide bonds. The molecule has 0 spiro atoms. The molecule has 1 aromatic carbocycles. The largest absolute Gasteiger partial charge is 0.397 e.